The molecule has 0 aromatic carbocycles. The number of nitrogens with one attached hydrogen (secondary N) is 1. The second-order valence-electron chi connectivity index (χ2n) is 3.15. The Kier molecular flexibility index (Phi) is 5.10. The summed E-state index contributed by atoms with van der Waals surface area (Å²) in [7, 11) is 0. The minimum absolute atomic E-state index is 0.224. The van der Waals surface area contributed by atoms with Crippen molar-refractivity contribution in [3.05, 3.63) is 0 Å². The summed E-state index contributed by atoms with van der Waals surface area (Å²) in [6, 6.07) is 0. The van der Waals surface area contributed by atoms with Gasteiger partial charge in [-0.2, -0.15) is 4.98 Å². The van der Waals surface area contributed by atoms with Gasteiger partial charge >= 0.3 is 5.97 Å². The lowest BCUT2D eigenvalue weighted by Gasteiger charge is -2.11. The second kappa shape index (κ2) is 6.37. The van der Waals surface area contributed by atoms with Gasteiger partial charge in [-0.15, -0.1) is 5.10 Å². The predicted molar refractivity (Wildman–Crippen MR) is 62.0 cm³/mol. The first kappa shape index (κ1) is 12.8. The number of H-pyrrole nitrogens is 1. The lowest BCUT2D eigenvalue weighted by Crippen LogP contribution is -2.20. The van der Waals surface area contributed by atoms with E-state index in [1.807, 2.05) is 6.92 Å². The summed E-state index contributed by atoms with van der Waals surface area (Å²) in [4.78, 5) is 15.5. The molecule has 0 saturated heterocycles. The zero-order valence-corrected chi connectivity index (χ0v) is 10.2. The monoisotopic (exact) mass is 244 g/mol. The summed E-state index contributed by atoms with van der Waals surface area (Å²) in [5.41, 5.74) is 5.40. The molecule has 6 nitrogen and oxygen atoms in total. The van der Waals surface area contributed by atoms with Crippen molar-refractivity contribution in [3.63, 3.8) is 0 Å². The van der Waals surface area contributed by atoms with Crippen LogP contribution in [0.3, 0.4) is 0 Å². The highest BCUT2D eigenvalue weighted by Crippen LogP contribution is 2.24. The number of carbonyl (C=O) groups excluding carboxylic acids is 1. The molecule has 1 atom stereocenters. The average molecular weight is 244 g/mol. The second-order valence-corrected chi connectivity index (χ2v) is 4.32. The number of hydrogen-bond donors (Lipinski definition) is 2. The molecule has 0 amide bonds. The number of thioether (sulfide) groups is 1. The summed E-state index contributed by atoms with van der Waals surface area (Å²) in [5.74, 6) is 0.0272. The lowest BCUT2D eigenvalue weighted by molar-refractivity contribution is -0.142. The summed E-state index contributed by atoms with van der Waals surface area (Å²) in [5, 5.41) is 6.62. The van der Waals surface area contributed by atoms with Gasteiger partial charge in [-0.05, 0) is 13.3 Å². The van der Waals surface area contributed by atoms with E-state index in [1.54, 1.807) is 6.92 Å². The Morgan fingerprint density at radius 2 is 2.38 bits per heavy atom. The van der Waals surface area contributed by atoms with E-state index in [9.17, 15) is 4.79 Å². The van der Waals surface area contributed by atoms with Gasteiger partial charge < -0.3 is 10.5 Å². The number of esters is 1. The van der Waals surface area contributed by atoms with Crippen molar-refractivity contribution < 1.29 is 9.53 Å². The maximum Gasteiger partial charge on any atom is 0.319 e. The number of nitrogens with zero attached hydrogens (tertiary/aromatic N) is 2. The Morgan fingerprint density at radius 1 is 1.62 bits per heavy atom. The summed E-state index contributed by atoms with van der Waals surface area (Å²) in [6.45, 7) is 4.19. The highest BCUT2D eigenvalue weighted by atomic mass is 32.2. The van der Waals surface area contributed by atoms with Crippen LogP contribution in [0, 0.1) is 0 Å². The van der Waals surface area contributed by atoms with E-state index in [-0.39, 0.29) is 17.2 Å². The van der Waals surface area contributed by atoms with Gasteiger partial charge in [-0.25, -0.2) is 5.10 Å². The van der Waals surface area contributed by atoms with Crippen LogP contribution in [0.15, 0.2) is 5.16 Å². The molecule has 1 rings (SSSR count). The standard InChI is InChI=1S/C9H16N4O2S/c1-3-5-6(7(14)15-4-2)16-9-11-8(10)12-13-9/h6H,3-5H2,1-2H3,(H3,10,11,12,13). The molecule has 0 bridgehead atoms. The topological polar surface area (TPSA) is 93.9 Å². The number of nitrogen functional groups attached to an aromatic ring is 1. The number of aromatic nitrogens is 3. The first-order valence-corrected chi connectivity index (χ1v) is 6.06. The molecule has 1 aromatic rings. The number of anilines is 1. The quantitative estimate of drug-likeness (QED) is 0.577. The predicted octanol–water partition coefficient (Wildman–Crippen LogP) is 1.21. The Bertz CT molecular complexity index is 342. The van der Waals surface area contributed by atoms with Gasteiger partial charge in [0.05, 0.1) is 6.61 Å². The van der Waals surface area contributed by atoms with E-state index < -0.39 is 0 Å². The van der Waals surface area contributed by atoms with Crippen LogP contribution in [0.4, 0.5) is 5.95 Å². The third-order valence-corrected chi connectivity index (χ3v) is 2.94. The van der Waals surface area contributed by atoms with Crippen molar-refractivity contribution in [2.75, 3.05) is 12.3 Å². The van der Waals surface area contributed by atoms with Gasteiger partial charge in [0.25, 0.3) is 0 Å². The molecule has 0 spiro atoms. The van der Waals surface area contributed by atoms with E-state index in [0.29, 0.717) is 11.8 Å². The lowest BCUT2D eigenvalue weighted by atomic mass is 10.2. The van der Waals surface area contributed by atoms with E-state index in [0.717, 1.165) is 12.8 Å². The molecule has 3 N–H and O–H groups in total. The van der Waals surface area contributed by atoms with Crippen molar-refractivity contribution in [3.8, 4) is 0 Å². The summed E-state index contributed by atoms with van der Waals surface area (Å²) >= 11 is 1.27. The van der Waals surface area contributed by atoms with Gasteiger partial charge in [0.15, 0.2) is 0 Å². The third kappa shape index (κ3) is 3.73. The van der Waals surface area contributed by atoms with Crippen molar-refractivity contribution in [2.24, 2.45) is 0 Å². The number of nitrogens with two attached hydrogens (primary N) is 1. The molecule has 0 aliphatic heterocycles. The van der Waals surface area contributed by atoms with Crippen LogP contribution in [-0.4, -0.2) is 33.0 Å². The third-order valence-electron chi connectivity index (χ3n) is 1.83. The Balaban J connectivity index is 2.60. The van der Waals surface area contributed by atoms with Crippen LogP contribution < -0.4 is 5.73 Å². The molecule has 90 valence electrons. The van der Waals surface area contributed by atoms with E-state index in [4.69, 9.17) is 10.5 Å². The van der Waals surface area contributed by atoms with Crippen LogP contribution in [0.25, 0.3) is 0 Å². The molecule has 0 aliphatic rings. The van der Waals surface area contributed by atoms with Gasteiger partial charge in [0.1, 0.15) is 5.25 Å². The fourth-order valence-electron chi connectivity index (χ4n) is 1.16. The molecular formula is C9H16N4O2S. The fraction of sp³-hybridized carbons (Fsp3) is 0.667. The summed E-state index contributed by atoms with van der Waals surface area (Å²) in [6.07, 6.45) is 1.63. The molecule has 7 heteroatoms. The van der Waals surface area contributed by atoms with Gasteiger partial charge in [0.2, 0.25) is 11.1 Å². The zero-order valence-electron chi connectivity index (χ0n) is 9.40. The SMILES string of the molecule is CCCC(Sc1n[nH]c(N)n1)C(=O)OCC. The molecule has 0 radical (unpaired) electrons. The smallest absolute Gasteiger partial charge is 0.319 e. The van der Waals surface area contributed by atoms with Crippen LogP contribution in [0.2, 0.25) is 0 Å². The van der Waals surface area contributed by atoms with Gasteiger partial charge in [-0.3, -0.25) is 4.79 Å². The van der Waals surface area contributed by atoms with E-state index in [1.165, 1.54) is 11.8 Å². The van der Waals surface area contributed by atoms with Crippen LogP contribution >= 0.6 is 11.8 Å². The molecule has 16 heavy (non-hydrogen) atoms. The minimum atomic E-state index is -0.264. The normalized spacial score (nSPS) is 12.4. The maximum atomic E-state index is 11.6. The van der Waals surface area contributed by atoms with Crippen LogP contribution in [0.5, 0.6) is 0 Å². The zero-order chi connectivity index (χ0) is 12.0. The van der Waals surface area contributed by atoms with Crippen molar-refractivity contribution in [1.82, 2.24) is 15.2 Å². The number of rotatable bonds is 6. The molecule has 0 aliphatic carbocycles. The molecule has 0 fully saturated rings. The maximum absolute atomic E-state index is 11.6. The number of hydrogen-bond acceptors (Lipinski definition) is 6. The summed E-state index contributed by atoms with van der Waals surface area (Å²) < 4.78 is 4.98. The molecule has 1 unspecified atom stereocenters. The van der Waals surface area contributed by atoms with E-state index >= 15 is 0 Å². The van der Waals surface area contributed by atoms with Gasteiger partial charge in [-0.1, -0.05) is 25.1 Å². The highest BCUT2D eigenvalue weighted by Gasteiger charge is 2.22. The molecule has 1 heterocycles. The minimum Gasteiger partial charge on any atom is -0.465 e. The highest BCUT2D eigenvalue weighted by molar-refractivity contribution is 8.00. The first-order chi connectivity index (χ1) is 7.67. The fourth-order valence-corrected chi connectivity index (χ4v) is 2.18. The number of ether oxygens (including phenoxy) is 1. The van der Waals surface area contributed by atoms with Gasteiger partial charge in [0, 0.05) is 0 Å². The van der Waals surface area contributed by atoms with E-state index in [2.05, 4.69) is 15.2 Å². The number of aromatic amines is 1. The molecular weight excluding hydrogens is 228 g/mol. The Hall–Kier alpha value is -1.24. The van der Waals surface area contributed by atoms with Crippen molar-refractivity contribution >= 4 is 23.7 Å². The van der Waals surface area contributed by atoms with Crippen LogP contribution in [-0.2, 0) is 9.53 Å². The van der Waals surface area contributed by atoms with Crippen molar-refractivity contribution in [2.45, 2.75) is 37.1 Å². The average Bonchev–Trinajstić information content (AvgIpc) is 2.64. The largest absolute Gasteiger partial charge is 0.465 e. The Morgan fingerprint density at radius 3 is 2.88 bits per heavy atom. The van der Waals surface area contributed by atoms with Crippen molar-refractivity contribution in [1.29, 1.82) is 0 Å². The molecule has 1 aromatic heterocycles. The number of carbonyl (C=O) groups is 1. The molecule has 0 saturated carbocycles. The first-order valence-electron chi connectivity index (χ1n) is 5.18. The van der Waals surface area contributed by atoms with Crippen LogP contribution in [0.1, 0.15) is 26.7 Å². The Labute approximate surface area is 98.3 Å².